The Morgan fingerprint density at radius 2 is 2.18 bits per heavy atom. The third-order valence-electron chi connectivity index (χ3n) is 3.00. The average Bonchev–Trinajstić information content (AvgIpc) is 2.94. The Kier molecular flexibility index (Phi) is 2.29. The fourth-order valence-electron chi connectivity index (χ4n) is 1.96. The molecule has 2 fully saturated rings. The molecule has 0 atom stereocenters. The molecule has 1 saturated heterocycles. The summed E-state index contributed by atoms with van der Waals surface area (Å²) in [6, 6.07) is 0.321. The molecule has 7 heteroatoms. The van der Waals surface area contributed by atoms with E-state index in [1.807, 2.05) is 0 Å². The zero-order valence-corrected chi connectivity index (χ0v) is 9.83. The number of thiazole rings is 1. The summed E-state index contributed by atoms with van der Waals surface area (Å²) in [5.74, 6) is -0.279. The Morgan fingerprint density at radius 3 is 2.76 bits per heavy atom. The van der Waals surface area contributed by atoms with Crippen LogP contribution in [0, 0.1) is 0 Å². The first-order chi connectivity index (χ1) is 8.15. The quantitative estimate of drug-likeness (QED) is 0.796. The highest BCUT2D eigenvalue weighted by molar-refractivity contribution is 7.07. The number of rotatable bonds is 2. The van der Waals surface area contributed by atoms with Gasteiger partial charge in [-0.25, -0.2) is 0 Å². The molecular formula is C10H11N3O3S. The van der Waals surface area contributed by atoms with E-state index in [-0.39, 0.29) is 28.9 Å². The number of nitrogens with zero attached hydrogens (tertiary/aromatic N) is 2. The average molecular weight is 253 g/mol. The Balaban J connectivity index is 1.75. The highest BCUT2D eigenvalue weighted by Crippen LogP contribution is 2.29. The Labute approximate surface area is 101 Å². The number of aromatic nitrogens is 1. The molecule has 0 aromatic carbocycles. The molecule has 2 amide bonds. The van der Waals surface area contributed by atoms with Gasteiger partial charge in [-0.2, -0.15) is 0 Å². The van der Waals surface area contributed by atoms with Gasteiger partial charge in [-0.05, 0) is 12.8 Å². The number of carbonyl (C=O) groups excluding carboxylic acids is 2. The number of carbonyl (C=O) groups is 2. The predicted octanol–water partition coefficient (Wildman–Crippen LogP) is -0.159. The van der Waals surface area contributed by atoms with Gasteiger partial charge in [-0.1, -0.05) is 11.3 Å². The zero-order chi connectivity index (χ0) is 12.0. The number of hydrogen-bond donors (Lipinski definition) is 1. The van der Waals surface area contributed by atoms with Gasteiger partial charge in [-0.3, -0.25) is 14.4 Å². The van der Waals surface area contributed by atoms with Gasteiger partial charge >= 0.3 is 4.87 Å². The van der Waals surface area contributed by atoms with E-state index >= 15 is 0 Å². The SMILES string of the molecule is O=C(c1csc(=O)[nH]1)N1CC(=O)N(C2CC2)C1. The monoisotopic (exact) mass is 253 g/mol. The molecule has 1 aromatic heterocycles. The van der Waals surface area contributed by atoms with Crippen molar-refractivity contribution in [3.05, 3.63) is 20.7 Å². The minimum absolute atomic E-state index is 0.00146. The van der Waals surface area contributed by atoms with Crippen LogP contribution >= 0.6 is 11.3 Å². The van der Waals surface area contributed by atoms with Crippen LogP contribution in [0.1, 0.15) is 23.3 Å². The molecule has 2 aliphatic rings. The molecule has 1 aromatic rings. The number of nitrogens with one attached hydrogen (secondary N) is 1. The molecule has 3 rings (SSSR count). The van der Waals surface area contributed by atoms with Crippen LogP contribution < -0.4 is 4.87 Å². The van der Waals surface area contributed by atoms with Crippen molar-refractivity contribution in [1.82, 2.24) is 14.8 Å². The minimum atomic E-state index is -0.278. The molecular weight excluding hydrogens is 242 g/mol. The fraction of sp³-hybridized carbons (Fsp3) is 0.500. The molecule has 0 unspecified atom stereocenters. The van der Waals surface area contributed by atoms with Gasteiger partial charge in [0, 0.05) is 11.4 Å². The molecule has 1 N–H and O–H groups in total. The van der Waals surface area contributed by atoms with Gasteiger partial charge in [0.25, 0.3) is 5.91 Å². The van der Waals surface area contributed by atoms with Gasteiger partial charge in [0.05, 0.1) is 6.67 Å². The second kappa shape index (κ2) is 3.69. The first-order valence-electron chi connectivity index (χ1n) is 5.42. The summed E-state index contributed by atoms with van der Waals surface area (Å²) in [5.41, 5.74) is 0.269. The second-order valence-electron chi connectivity index (χ2n) is 4.30. The van der Waals surface area contributed by atoms with E-state index in [9.17, 15) is 14.4 Å². The number of amides is 2. The highest BCUT2D eigenvalue weighted by Gasteiger charge is 2.40. The van der Waals surface area contributed by atoms with Gasteiger partial charge in [0.2, 0.25) is 5.91 Å². The third-order valence-corrected chi connectivity index (χ3v) is 3.67. The molecule has 1 aliphatic heterocycles. The van der Waals surface area contributed by atoms with Crippen molar-refractivity contribution in [3.8, 4) is 0 Å². The van der Waals surface area contributed by atoms with E-state index < -0.39 is 0 Å². The van der Waals surface area contributed by atoms with Crippen molar-refractivity contribution < 1.29 is 9.59 Å². The van der Waals surface area contributed by atoms with Gasteiger partial charge < -0.3 is 14.8 Å². The van der Waals surface area contributed by atoms with E-state index in [1.54, 1.807) is 4.90 Å². The number of hydrogen-bond acceptors (Lipinski definition) is 4. The summed E-state index contributed by atoms with van der Waals surface area (Å²) in [5, 5.41) is 1.49. The molecule has 0 radical (unpaired) electrons. The highest BCUT2D eigenvalue weighted by atomic mass is 32.1. The van der Waals surface area contributed by atoms with Gasteiger partial charge in [0.1, 0.15) is 12.2 Å². The lowest BCUT2D eigenvalue weighted by atomic mass is 10.4. The predicted molar refractivity (Wildman–Crippen MR) is 60.7 cm³/mol. The molecule has 2 heterocycles. The van der Waals surface area contributed by atoms with Crippen LogP contribution in [0.5, 0.6) is 0 Å². The van der Waals surface area contributed by atoms with E-state index in [2.05, 4.69) is 4.98 Å². The second-order valence-corrected chi connectivity index (χ2v) is 5.14. The van der Waals surface area contributed by atoms with Crippen LogP contribution in [0.15, 0.2) is 10.2 Å². The topological polar surface area (TPSA) is 73.5 Å². The van der Waals surface area contributed by atoms with Crippen molar-refractivity contribution >= 4 is 23.2 Å². The normalized spacial score (nSPS) is 20.1. The van der Waals surface area contributed by atoms with E-state index in [0.29, 0.717) is 12.7 Å². The lowest BCUT2D eigenvalue weighted by molar-refractivity contribution is -0.127. The van der Waals surface area contributed by atoms with E-state index in [0.717, 1.165) is 24.2 Å². The molecule has 0 bridgehead atoms. The van der Waals surface area contributed by atoms with Crippen molar-refractivity contribution in [2.75, 3.05) is 13.2 Å². The first kappa shape index (κ1) is 10.5. The van der Waals surface area contributed by atoms with Crippen molar-refractivity contribution in [3.63, 3.8) is 0 Å². The largest absolute Gasteiger partial charge is 0.320 e. The third kappa shape index (κ3) is 1.86. The summed E-state index contributed by atoms with van der Waals surface area (Å²) in [4.78, 5) is 40.0. The van der Waals surface area contributed by atoms with Crippen LogP contribution in [-0.2, 0) is 4.79 Å². The lowest BCUT2D eigenvalue weighted by Gasteiger charge is -2.16. The van der Waals surface area contributed by atoms with E-state index in [1.165, 1.54) is 10.3 Å². The number of H-pyrrole nitrogens is 1. The van der Waals surface area contributed by atoms with Crippen molar-refractivity contribution in [2.24, 2.45) is 0 Å². The van der Waals surface area contributed by atoms with Crippen LogP contribution in [0.2, 0.25) is 0 Å². The van der Waals surface area contributed by atoms with Crippen molar-refractivity contribution in [1.29, 1.82) is 0 Å². The minimum Gasteiger partial charge on any atom is -0.320 e. The summed E-state index contributed by atoms with van der Waals surface area (Å²) < 4.78 is 0. The van der Waals surface area contributed by atoms with Gasteiger partial charge in [-0.15, -0.1) is 0 Å². The molecule has 1 aliphatic carbocycles. The Bertz CT molecular complexity index is 531. The summed E-state index contributed by atoms with van der Waals surface area (Å²) >= 11 is 0.955. The number of aromatic amines is 1. The maximum absolute atomic E-state index is 12.0. The molecule has 1 saturated carbocycles. The smallest absolute Gasteiger partial charge is 0.305 e. The Hall–Kier alpha value is -1.63. The molecule has 6 nitrogen and oxygen atoms in total. The van der Waals surface area contributed by atoms with Crippen LogP contribution in [0.3, 0.4) is 0 Å². The first-order valence-corrected chi connectivity index (χ1v) is 6.29. The van der Waals surface area contributed by atoms with Gasteiger partial charge in [0.15, 0.2) is 0 Å². The zero-order valence-electron chi connectivity index (χ0n) is 9.01. The van der Waals surface area contributed by atoms with Crippen molar-refractivity contribution in [2.45, 2.75) is 18.9 Å². The summed E-state index contributed by atoms with van der Waals surface area (Å²) in [6.45, 7) is 0.466. The fourth-order valence-corrected chi connectivity index (χ4v) is 2.52. The van der Waals surface area contributed by atoms with Crippen LogP contribution in [-0.4, -0.2) is 45.9 Å². The maximum atomic E-state index is 12.0. The lowest BCUT2D eigenvalue weighted by Crippen LogP contribution is -2.32. The van der Waals surface area contributed by atoms with Crippen LogP contribution in [0.4, 0.5) is 0 Å². The maximum Gasteiger partial charge on any atom is 0.305 e. The molecule has 0 spiro atoms. The Morgan fingerprint density at radius 1 is 1.41 bits per heavy atom. The molecule has 17 heavy (non-hydrogen) atoms. The van der Waals surface area contributed by atoms with Crippen LogP contribution in [0.25, 0.3) is 0 Å². The standard InChI is InChI=1S/C10H11N3O3S/c14-8-3-12(5-13(8)6-1-2-6)9(15)7-4-17-10(16)11-7/h4,6H,1-3,5H2,(H,11,16). The summed E-state index contributed by atoms with van der Waals surface area (Å²) in [6.07, 6.45) is 2.06. The summed E-state index contributed by atoms with van der Waals surface area (Å²) in [7, 11) is 0. The van der Waals surface area contributed by atoms with E-state index in [4.69, 9.17) is 0 Å². The molecule has 90 valence electrons.